The third-order valence-electron chi connectivity index (χ3n) is 4.52. The van der Waals surface area contributed by atoms with Crippen molar-refractivity contribution in [2.45, 2.75) is 19.3 Å². The van der Waals surface area contributed by atoms with Crippen LogP contribution < -0.4 is 4.74 Å². The van der Waals surface area contributed by atoms with E-state index in [-0.39, 0.29) is 5.78 Å². The molecule has 0 fully saturated rings. The minimum atomic E-state index is 0.245. The summed E-state index contributed by atoms with van der Waals surface area (Å²) in [7, 11) is 1.65. The highest BCUT2D eigenvalue weighted by Crippen LogP contribution is 2.33. The van der Waals surface area contributed by atoms with Gasteiger partial charge in [0.1, 0.15) is 11.5 Å². The molecule has 1 aromatic heterocycles. The van der Waals surface area contributed by atoms with E-state index in [1.165, 1.54) is 0 Å². The molecule has 3 aromatic rings. The zero-order chi connectivity index (χ0) is 17.4. The Hall–Kier alpha value is -2.59. The van der Waals surface area contributed by atoms with Crippen molar-refractivity contribution >= 4 is 17.4 Å². The number of carbonyl (C=O) groups is 1. The highest BCUT2D eigenvalue weighted by atomic mass is 35.5. The average Bonchev–Trinajstić information content (AvgIpc) is 3.01. The molecule has 0 unspecified atom stereocenters. The number of rotatable bonds is 3. The van der Waals surface area contributed by atoms with Crippen LogP contribution >= 0.6 is 11.6 Å². The van der Waals surface area contributed by atoms with Crippen LogP contribution in [-0.2, 0) is 17.6 Å². The zero-order valence-electron chi connectivity index (χ0n) is 13.8. The number of ketones is 1. The first-order chi connectivity index (χ1) is 12.2. The van der Waals surface area contributed by atoms with E-state index in [0.717, 1.165) is 40.4 Å². The standard InChI is InChI=1S/C20H17ClN2O2/c1-25-17-9-6-15(7-10-17)23-20(13-2-4-14(21)5-3-13)18-11-8-16(24)12-19(18)22-23/h2-7,9-10H,8,11-12H2,1H3. The predicted molar refractivity (Wildman–Crippen MR) is 97.6 cm³/mol. The fraction of sp³-hybridized carbons (Fsp3) is 0.200. The van der Waals surface area contributed by atoms with Crippen molar-refractivity contribution < 1.29 is 9.53 Å². The first-order valence-corrected chi connectivity index (χ1v) is 8.56. The van der Waals surface area contributed by atoms with Gasteiger partial charge in [-0.3, -0.25) is 4.79 Å². The smallest absolute Gasteiger partial charge is 0.139 e. The van der Waals surface area contributed by atoms with E-state index >= 15 is 0 Å². The molecule has 1 aliphatic carbocycles. The van der Waals surface area contributed by atoms with Gasteiger partial charge in [-0.1, -0.05) is 23.7 Å². The van der Waals surface area contributed by atoms with Crippen molar-refractivity contribution in [3.05, 3.63) is 64.8 Å². The molecule has 1 heterocycles. The van der Waals surface area contributed by atoms with Gasteiger partial charge in [-0.05, 0) is 42.8 Å². The van der Waals surface area contributed by atoms with E-state index in [0.29, 0.717) is 17.9 Å². The number of hydrogen-bond donors (Lipinski definition) is 0. The lowest BCUT2D eigenvalue weighted by Crippen LogP contribution is -2.12. The lowest BCUT2D eigenvalue weighted by Gasteiger charge is -2.12. The molecule has 2 aromatic carbocycles. The molecule has 25 heavy (non-hydrogen) atoms. The predicted octanol–water partition coefficient (Wildman–Crippen LogP) is 4.26. The maximum Gasteiger partial charge on any atom is 0.139 e. The molecule has 0 aliphatic heterocycles. The van der Waals surface area contributed by atoms with Crippen LogP contribution in [0.2, 0.25) is 5.02 Å². The number of ether oxygens (including phenoxy) is 1. The summed E-state index contributed by atoms with van der Waals surface area (Å²) in [5.74, 6) is 1.04. The van der Waals surface area contributed by atoms with Crippen molar-refractivity contribution in [1.29, 1.82) is 0 Å². The van der Waals surface area contributed by atoms with Gasteiger partial charge in [-0.15, -0.1) is 0 Å². The molecule has 0 amide bonds. The van der Waals surface area contributed by atoms with Crippen LogP contribution in [0.1, 0.15) is 17.7 Å². The first-order valence-electron chi connectivity index (χ1n) is 8.18. The number of halogens is 1. The van der Waals surface area contributed by atoms with E-state index in [1.807, 2.05) is 53.2 Å². The quantitative estimate of drug-likeness (QED) is 0.707. The maximum absolute atomic E-state index is 11.9. The second-order valence-corrected chi connectivity index (χ2v) is 6.54. The lowest BCUT2D eigenvalue weighted by atomic mass is 9.93. The van der Waals surface area contributed by atoms with Gasteiger partial charge in [-0.25, -0.2) is 4.68 Å². The summed E-state index contributed by atoms with van der Waals surface area (Å²) in [6.45, 7) is 0. The van der Waals surface area contributed by atoms with Gasteiger partial charge in [0.2, 0.25) is 0 Å². The molecule has 0 bridgehead atoms. The Morgan fingerprint density at radius 1 is 1.04 bits per heavy atom. The number of Topliss-reactive ketones (excluding diaryl/α,β-unsaturated/α-hetero) is 1. The van der Waals surface area contributed by atoms with Gasteiger partial charge in [-0.2, -0.15) is 5.10 Å². The van der Waals surface area contributed by atoms with Crippen LogP contribution in [0.4, 0.5) is 0 Å². The molecular weight excluding hydrogens is 336 g/mol. The van der Waals surface area contributed by atoms with E-state index < -0.39 is 0 Å². The normalized spacial score (nSPS) is 13.6. The molecule has 0 N–H and O–H groups in total. The Labute approximate surface area is 151 Å². The summed E-state index contributed by atoms with van der Waals surface area (Å²) >= 11 is 6.04. The summed E-state index contributed by atoms with van der Waals surface area (Å²) in [5, 5.41) is 5.45. The molecule has 126 valence electrons. The van der Waals surface area contributed by atoms with Gasteiger partial charge in [0.25, 0.3) is 0 Å². The van der Waals surface area contributed by atoms with Crippen LogP contribution in [0.15, 0.2) is 48.5 Å². The van der Waals surface area contributed by atoms with Gasteiger partial charge >= 0.3 is 0 Å². The largest absolute Gasteiger partial charge is 0.497 e. The average molecular weight is 353 g/mol. The van der Waals surface area contributed by atoms with Crippen molar-refractivity contribution in [2.75, 3.05) is 7.11 Å². The molecule has 4 rings (SSSR count). The number of methoxy groups -OCH3 is 1. The molecule has 0 radical (unpaired) electrons. The van der Waals surface area contributed by atoms with Crippen molar-refractivity contribution in [1.82, 2.24) is 9.78 Å². The third-order valence-corrected chi connectivity index (χ3v) is 4.77. The third kappa shape index (κ3) is 2.94. The minimum absolute atomic E-state index is 0.245. The van der Waals surface area contributed by atoms with Crippen LogP contribution in [0.25, 0.3) is 16.9 Å². The monoisotopic (exact) mass is 352 g/mol. The SMILES string of the molecule is COc1ccc(-n2nc3c(c2-c2ccc(Cl)cc2)CCC(=O)C3)cc1. The van der Waals surface area contributed by atoms with Crippen LogP contribution in [0.5, 0.6) is 5.75 Å². The van der Waals surface area contributed by atoms with Crippen LogP contribution in [0.3, 0.4) is 0 Å². The van der Waals surface area contributed by atoms with Gasteiger partial charge in [0, 0.05) is 22.6 Å². The number of nitrogens with zero attached hydrogens (tertiary/aromatic N) is 2. The molecule has 0 saturated carbocycles. The van der Waals surface area contributed by atoms with Gasteiger partial charge in [0.15, 0.2) is 0 Å². The number of fused-ring (bicyclic) bond motifs is 1. The van der Waals surface area contributed by atoms with E-state index in [1.54, 1.807) is 7.11 Å². The van der Waals surface area contributed by atoms with Crippen LogP contribution in [-0.4, -0.2) is 22.7 Å². The summed E-state index contributed by atoms with van der Waals surface area (Å²) < 4.78 is 7.16. The Balaban J connectivity index is 1.90. The molecular formula is C20H17ClN2O2. The second kappa shape index (κ2) is 6.37. The first kappa shape index (κ1) is 15.9. The van der Waals surface area contributed by atoms with E-state index in [4.69, 9.17) is 21.4 Å². The fourth-order valence-corrected chi connectivity index (χ4v) is 3.38. The van der Waals surface area contributed by atoms with Crippen LogP contribution in [0, 0.1) is 0 Å². The summed E-state index contributed by atoms with van der Waals surface area (Å²) in [5.41, 5.74) is 5.04. The summed E-state index contributed by atoms with van der Waals surface area (Å²) in [6, 6.07) is 15.5. The Morgan fingerprint density at radius 2 is 1.76 bits per heavy atom. The molecule has 0 atom stereocenters. The van der Waals surface area contributed by atoms with Crippen molar-refractivity contribution in [3.8, 4) is 22.7 Å². The fourth-order valence-electron chi connectivity index (χ4n) is 3.25. The zero-order valence-corrected chi connectivity index (χ0v) is 14.6. The van der Waals surface area contributed by atoms with E-state index in [9.17, 15) is 4.79 Å². The molecule has 0 saturated heterocycles. The van der Waals surface area contributed by atoms with Crippen molar-refractivity contribution in [3.63, 3.8) is 0 Å². The number of benzene rings is 2. The number of carbonyl (C=O) groups excluding carboxylic acids is 1. The molecule has 0 spiro atoms. The minimum Gasteiger partial charge on any atom is -0.497 e. The van der Waals surface area contributed by atoms with E-state index in [2.05, 4.69) is 0 Å². The number of aromatic nitrogens is 2. The Morgan fingerprint density at radius 3 is 2.44 bits per heavy atom. The van der Waals surface area contributed by atoms with Gasteiger partial charge < -0.3 is 4.74 Å². The molecule has 5 heteroatoms. The molecule has 4 nitrogen and oxygen atoms in total. The van der Waals surface area contributed by atoms with Gasteiger partial charge in [0.05, 0.1) is 30.6 Å². The van der Waals surface area contributed by atoms with Crippen molar-refractivity contribution in [2.24, 2.45) is 0 Å². The molecule has 1 aliphatic rings. The highest BCUT2D eigenvalue weighted by Gasteiger charge is 2.25. The summed E-state index contributed by atoms with van der Waals surface area (Å²) in [6.07, 6.45) is 1.70. The topological polar surface area (TPSA) is 44.1 Å². The Bertz CT molecular complexity index is 928. The maximum atomic E-state index is 11.9. The summed E-state index contributed by atoms with van der Waals surface area (Å²) in [4.78, 5) is 11.9. The lowest BCUT2D eigenvalue weighted by molar-refractivity contribution is -0.118. The highest BCUT2D eigenvalue weighted by molar-refractivity contribution is 6.30. The second-order valence-electron chi connectivity index (χ2n) is 6.11. The number of hydrogen-bond acceptors (Lipinski definition) is 3. The Kier molecular flexibility index (Phi) is 4.06.